The van der Waals surface area contributed by atoms with Gasteiger partial charge in [0.2, 0.25) is 0 Å². The first-order valence-electron chi connectivity index (χ1n) is 8.34. The summed E-state index contributed by atoms with van der Waals surface area (Å²) in [5.41, 5.74) is 1.78. The second-order valence-electron chi connectivity index (χ2n) is 6.11. The van der Waals surface area contributed by atoms with Crippen molar-refractivity contribution < 1.29 is 14.3 Å². The van der Waals surface area contributed by atoms with Gasteiger partial charge in [-0.3, -0.25) is 9.59 Å². The molecule has 0 fully saturated rings. The van der Waals surface area contributed by atoms with Gasteiger partial charge in [0.15, 0.2) is 6.61 Å². The molecule has 0 aromatic heterocycles. The van der Waals surface area contributed by atoms with Gasteiger partial charge < -0.3 is 10.1 Å². The van der Waals surface area contributed by atoms with E-state index in [0.717, 1.165) is 16.1 Å². The zero-order chi connectivity index (χ0) is 19.1. The highest BCUT2D eigenvalue weighted by molar-refractivity contribution is 8.00. The monoisotopic (exact) mass is 391 g/mol. The molecule has 0 aliphatic carbocycles. The number of para-hydroxylation sites is 1. The van der Waals surface area contributed by atoms with E-state index in [-0.39, 0.29) is 18.4 Å². The standard InChI is InChI=1S/C20H22ClNO3S/c1-13(2)17-6-4-5-7-18(17)22-19(23)12-25-20(24)14(3)26-16-10-8-15(21)9-11-16/h4-11,13-14H,12H2,1-3H3,(H,22,23)/t14-/m0/s1. The number of hydrogen-bond donors (Lipinski definition) is 1. The average Bonchev–Trinajstić information content (AvgIpc) is 2.61. The number of halogens is 1. The number of esters is 1. The quantitative estimate of drug-likeness (QED) is 0.525. The summed E-state index contributed by atoms with van der Waals surface area (Å²) in [7, 11) is 0. The Morgan fingerprint density at radius 1 is 1.08 bits per heavy atom. The van der Waals surface area contributed by atoms with E-state index in [4.69, 9.17) is 16.3 Å². The third-order valence-electron chi connectivity index (χ3n) is 3.66. The van der Waals surface area contributed by atoms with E-state index in [1.54, 1.807) is 19.1 Å². The van der Waals surface area contributed by atoms with Crippen molar-refractivity contribution in [1.82, 2.24) is 0 Å². The summed E-state index contributed by atoms with van der Waals surface area (Å²) >= 11 is 7.20. The van der Waals surface area contributed by atoms with E-state index in [1.807, 2.05) is 36.4 Å². The van der Waals surface area contributed by atoms with Crippen LogP contribution in [0.3, 0.4) is 0 Å². The predicted molar refractivity (Wildman–Crippen MR) is 107 cm³/mol. The van der Waals surface area contributed by atoms with Crippen LogP contribution in [-0.2, 0) is 14.3 Å². The number of anilines is 1. The van der Waals surface area contributed by atoms with Crippen molar-refractivity contribution in [2.45, 2.75) is 36.8 Å². The van der Waals surface area contributed by atoms with Gasteiger partial charge in [0.05, 0.1) is 0 Å². The van der Waals surface area contributed by atoms with Gasteiger partial charge in [0, 0.05) is 15.6 Å². The van der Waals surface area contributed by atoms with Crippen LogP contribution in [0, 0.1) is 0 Å². The predicted octanol–water partition coefficient (Wildman–Crippen LogP) is 5.13. The van der Waals surface area contributed by atoms with Crippen molar-refractivity contribution in [1.29, 1.82) is 0 Å². The molecule has 4 nitrogen and oxygen atoms in total. The maximum Gasteiger partial charge on any atom is 0.319 e. The van der Waals surface area contributed by atoms with Crippen LogP contribution in [-0.4, -0.2) is 23.7 Å². The molecule has 0 aliphatic rings. The second-order valence-corrected chi connectivity index (χ2v) is 7.96. The van der Waals surface area contributed by atoms with E-state index >= 15 is 0 Å². The molecule has 138 valence electrons. The molecule has 2 aromatic carbocycles. The van der Waals surface area contributed by atoms with Crippen LogP contribution in [0.1, 0.15) is 32.3 Å². The molecule has 0 bridgehead atoms. The highest BCUT2D eigenvalue weighted by atomic mass is 35.5. The Hall–Kier alpha value is -1.98. The van der Waals surface area contributed by atoms with Crippen molar-refractivity contribution in [3.63, 3.8) is 0 Å². The van der Waals surface area contributed by atoms with Gasteiger partial charge in [-0.2, -0.15) is 0 Å². The van der Waals surface area contributed by atoms with Crippen LogP contribution < -0.4 is 5.32 Å². The molecule has 26 heavy (non-hydrogen) atoms. The summed E-state index contributed by atoms with van der Waals surface area (Å²) in [6.45, 7) is 5.55. The van der Waals surface area contributed by atoms with Gasteiger partial charge in [-0.05, 0) is 48.7 Å². The Labute approximate surface area is 163 Å². The lowest BCUT2D eigenvalue weighted by molar-refractivity contribution is -0.146. The minimum absolute atomic E-state index is 0.282. The van der Waals surface area contributed by atoms with E-state index in [9.17, 15) is 9.59 Å². The Morgan fingerprint density at radius 3 is 2.38 bits per heavy atom. The molecule has 0 radical (unpaired) electrons. The summed E-state index contributed by atoms with van der Waals surface area (Å²) in [6, 6.07) is 14.8. The van der Waals surface area contributed by atoms with E-state index in [1.165, 1.54) is 11.8 Å². The van der Waals surface area contributed by atoms with Crippen LogP contribution in [0.15, 0.2) is 53.4 Å². The molecule has 0 heterocycles. The fraction of sp³-hybridized carbons (Fsp3) is 0.300. The molecular formula is C20H22ClNO3S. The number of carbonyl (C=O) groups is 2. The molecule has 0 spiro atoms. The molecule has 2 aromatic rings. The van der Waals surface area contributed by atoms with Gasteiger partial charge in [-0.25, -0.2) is 0 Å². The number of thioether (sulfide) groups is 1. The van der Waals surface area contributed by atoms with Crippen LogP contribution in [0.5, 0.6) is 0 Å². The first-order valence-corrected chi connectivity index (χ1v) is 9.60. The SMILES string of the molecule is CC(C)c1ccccc1NC(=O)COC(=O)[C@H](C)Sc1ccc(Cl)cc1. The third-order valence-corrected chi connectivity index (χ3v) is 5.00. The zero-order valence-electron chi connectivity index (χ0n) is 15.0. The van der Waals surface area contributed by atoms with Gasteiger partial charge in [-0.15, -0.1) is 11.8 Å². The Kier molecular flexibility index (Phi) is 7.54. The summed E-state index contributed by atoms with van der Waals surface area (Å²) in [5, 5.41) is 3.02. The number of rotatable bonds is 7. The van der Waals surface area contributed by atoms with Crippen molar-refractivity contribution in [2.75, 3.05) is 11.9 Å². The Balaban J connectivity index is 1.84. The maximum atomic E-state index is 12.1. The molecule has 0 saturated carbocycles. The topological polar surface area (TPSA) is 55.4 Å². The van der Waals surface area contributed by atoms with Crippen molar-refractivity contribution in [3.8, 4) is 0 Å². The van der Waals surface area contributed by atoms with Crippen LogP contribution in [0.2, 0.25) is 5.02 Å². The van der Waals surface area contributed by atoms with Crippen molar-refractivity contribution in [3.05, 3.63) is 59.1 Å². The minimum atomic E-state index is -0.433. The highest BCUT2D eigenvalue weighted by Crippen LogP contribution is 2.26. The first kappa shape index (κ1) is 20.3. The fourth-order valence-electron chi connectivity index (χ4n) is 2.32. The number of benzene rings is 2. The summed E-state index contributed by atoms with van der Waals surface area (Å²) in [5.74, 6) is -0.503. The Morgan fingerprint density at radius 2 is 1.73 bits per heavy atom. The number of ether oxygens (including phenoxy) is 1. The van der Waals surface area contributed by atoms with Crippen LogP contribution in [0.25, 0.3) is 0 Å². The van der Waals surface area contributed by atoms with Gasteiger partial charge in [-0.1, -0.05) is 43.6 Å². The van der Waals surface area contributed by atoms with E-state index < -0.39 is 11.2 Å². The molecule has 0 saturated heterocycles. The number of nitrogens with one attached hydrogen (secondary N) is 1. The number of carbonyl (C=O) groups excluding carboxylic acids is 2. The van der Waals surface area contributed by atoms with E-state index in [0.29, 0.717) is 5.02 Å². The maximum absolute atomic E-state index is 12.1. The molecule has 2 rings (SSSR count). The third kappa shape index (κ3) is 6.07. The number of amides is 1. The van der Waals surface area contributed by atoms with Crippen LogP contribution in [0.4, 0.5) is 5.69 Å². The molecule has 0 aliphatic heterocycles. The van der Waals surface area contributed by atoms with Crippen molar-refractivity contribution in [2.24, 2.45) is 0 Å². The first-order chi connectivity index (χ1) is 12.4. The van der Waals surface area contributed by atoms with Gasteiger partial charge in [0.1, 0.15) is 5.25 Å². The average molecular weight is 392 g/mol. The van der Waals surface area contributed by atoms with E-state index in [2.05, 4.69) is 19.2 Å². The van der Waals surface area contributed by atoms with Gasteiger partial charge >= 0.3 is 5.97 Å². The fourth-order valence-corrected chi connectivity index (χ4v) is 3.31. The normalized spacial score (nSPS) is 11.9. The smallest absolute Gasteiger partial charge is 0.319 e. The van der Waals surface area contributed by atoms with Crippen LogP contribution >= 0.6 is 23.4 Å². The second kappa shape index (κ2) is 9.64. The molecular weight excluding hydrogens is 370 g/mol. The van der Waals surface area contributed by atoms with Gasteiger partial charge in [0.25, 0.3) is 5.91 Å². The lowest BCUT2D eigenvalue weighted by Crippen LogP contribution is -2.25. The summed E-state index contributed by atoms with van der Waals surface area (Å²) < 4.78 is 5.14. The molecule has 1 N–H and O–H groups in total. The highest BCUT2D eigenvalue weighted by Gasteiger charge is 2.18. The molecule has 6 heteroatoms. The minimum Gasteiger partial charge on any atom is -0.455 e. The molecule has 0 unspecified atom stereocenters. The zero-order valence-corrected chi connectivity index (χ0v) is 16.6. The molecule has 1 atom stereocenters. The lowest BCUT2D eigenvalue weighted by Gasteiger charge is -2.14. The largest absolute Gasteiger partial charge is 0.455 e. The lowest BCUT2D eigenvalue weighted by atomic mass is 10.0. The van der Waals surface area contributed by atoms with Crippen molar-refractivity contribution >= 4 is 40.9 Å². The summed E-state index contributed by atoms with van der Waals surface area (Å²) in [4.78, 5) is 25.1. The number of hydrogen-bond acceptors (Lipinski definition) is 4. The molecule has 1 amide bonds. The Bertz CT molecular complexity index is 762. The summed E-state index contributed by atoms with van der Waals surface area (Å²) in [6.07, 6.45) is 0.